The number of nitrogens with zero attached hydrogens (tertiary/aromatic N) is 1. The number of carbonyl (C=O) groups is 3. The number of benzene rings is 3. The molecule has 2 heterocycles. The van der Waals surface area contributed by atoms with Gasteiger partial charge in [-0.1, -0.05) is 36.4 Å². The first-order valence-corrected chi connectivity index (χ1v) is 14.1. The molecular formula is C30H25N5O3S2. The molecule has 40 heavy (non-hydrogen) atoms. The van der Waals surface area contributed by atoms with Crippen LogP contribution < -0.4 is 16.0 Å². The van der Waals surface area contributed by atoms with E-state index in [1.165, 1.54) is 23.1 Å². The van der Waals surface area contributed by atoms with E-state index >= 15 is 0 Å². The number of thioether (sulfide) groups is 1. The van der Waals surface area contributed by atoms with Crippen LogP contribution in [0.2, 0.25) is 0 Å². The number of hydrogen-bond acceptors (Lipinski definition) is 6. The van der Waals surface area contributed by atoms with Gasteiger partial charge >= 0.3 is 0 Å². The first-order valence-electron chi connectivity index (χ1n) is 12.4. The predicted molar refractivity (Wildman–Crippen MR) is 161 cm³/mol. The van der Waals surface area contributed by atoms with Gasteiger partial charge in [-0.2, -0.15) is 0 Å². The van der Waals surface area contributed by atoms with Crippen LogP contribution in [0.1, 0.15) is 22.8 Å². The first-order chi connectivity index (χ1) is 19.5. The maximum absolute atomic E-state index is 13.4. The van der Waals surface area contributed by atoms with Crippen molar-refractivity contribution in [2.45, 2.75) is 17.1 Å². The highest BCUT2D eigenvalue weighted by molar-refractivity contribution is 8.00. The molecule has 2 aromatic heterocycles. The van der Waals surface area contributed by atoms with Crippen molar-refractivity contribution in [2.24, 2.45) is 0 Å². The molecule has 200 valence electrons. The van der Waals surface area contributed by atoms with E-state index in [9.17, 15) is 14.4 Å². The number of anilines is 2. The van der Waals surface area contributed by atoms with E-state index in [0.29, 0.717) is 16.4 Å². The summed E-state index contributed by atoms with van der Waals surface area (Å²) in [4.78, 5) is 46.9. The number of carbonyl (C=O) groups excluding carboxylic acids is 3. The highest BCUT2D eigenvalue weighted by Crippen LogP contribution is 2.26. The fourth-order valence-corrected chi connectivity index (χ4v) is 5.28. The lowest BCUT2D eigenvalue weighted by atomic mass is 10.1. The lowest BCUT2D eigenvalue weighted by Gasteiger charge is -2.13. The molecule has 0 bridgehead atoms. The SMILES string of the molecule is C[C@H](Sc1ccc(NC(=O)/C(=C/c2c[nH]c3ccccc23)NC(=O)c2ccccc2)cc1)C(=O)Nc1nccs1. The van der Waals surface area contributed by atoms with E-state index in [1.807, 2.05) is 49.4 Å². The second-order valence-corrected chi connectivity index (χ2v) is 11.0. The monoisotopic (exact) mass is 567 g/mol. The fourth-order valence-electron chi connectivity index (χ4n) is 3.88. The van der Waals surface area contributed by atoms with Gasteiger partial charge in [-0.15, -0.1) is 23.1 Å². The molecule has 10 heteroatoms. The Bertz CT molecular complexity index is 1660. The number of amides is 3. The molecule has 4 N–H and O–H groups in total. The summed E-state index contributed by atoms with van der Waals surface area (Å²) in [6.07, 6.45) is 5.09. The van der Waals surface area contributed by atoms with Crippen LogP contribution in [0.4, 0.5) is 10.8 Å². The average Bonchev–Trinajstić information content (AvgIpc) is 3.64. The number of fused-ring (bicyclic) bond motifs is 1. The van der Waals surface area contributed by atoms with Gasteiger partial charge in [-0.25, -0.2) is 4.98 Å². The molecule has 0 saturated heterocycles. The van der Waals surface area contributed by atoms with E-state index < -0.39 is 11.8 Å². The fraction of sp³-hybridized carbons (Fsp3) is 0.0667. The van der Waals surface area contributed by atoms with Crippen molar-refractivity contribution in [3.05, 3.63) is 113 Å². The zero-order chi connectivity index (χ0) is 27.9. The highest BCUT2D eigenvalue weighted by Gasteiger charge is 2.18. The van der Waals surface area contributed by atoms with Crippen LogP contribution in [0.3, 0.4) is 0 Å². The van der Waals surface area contributed by atoms with E-state index in [2.05, 4.69) is 25.9 Å². The van der Waals surface area contributed by atoms with Crippen molar-refractivity contribution < 1.29 is 14.4 Å². The van der Waals surface area contributed by atoms with Crippen LogP contribution in [-0.2, 0) is 9.59 Å². The normalized spacial score (nSPS) is 12.1. The van der Waals surface area contributed by atoms with Crippen molar-refractivity contribution in [1.29, 1.82) is 0 Å². The summed E-state index contributed by atoms with van der Waals surface area (Å²) in [6.45, 7) is 1.82. The highest BCUT2D eigenvalue weighted by atomic mass is 32.2. The third kappa shape index (κ3) is 6.66. The molecule has 0 unspecified atom stereocenters. The Morgan fingerprint density at radius 3 is 2.45 bits per heavy atom. The minimum Gasteiger partial charge on any atom is -0.361 e. The van der Waals surface area contributed by atoms with E-state index in [4.69, 9.17) is 0 Å². The van der Waals surface area contributed by atoms with Gasteiger partial charge < -0.3 is 20.9 Å². The molecule has 5 aromatic rings. The molecule has 0 radical (unpaired) electrons. The van der Waals surface area contributed by atoms with Gasteiger partial charge in [-0.05, 0) is 55.5 Å². The summed E-state index contributed by atoms with van der Waals surface area (Å²) in [5.41, 5.74) is 2.78. The third-order valence-corrected chi connectivity index (χ3v) is 7.71. The van der Waals surface area contributed by atoms with Gasteiger partial charge in [0.25, 0.3) is 11.8 Å². The molecule has 3 amide bonds. The van der Waals surface area contributed by atoms with Crippen LogP contribution in [0.15, 0.2) is 107 Å². The molecule has 0 aliphatic carbocycles. The average molecular weight is 568 g/mol. The van der Waals surface area contributed by atoms with Crippen molar-refractivity contribution in [1.82, 2.24) is 15.3 Å². The van der Waals surface area contributed by atoms with Gasteiger partial charge in [0, 0.05) is 50.4 Å². The first kappa shape index (κ1) is 26.9. The molecule has 0 spiro atoms. The zero-order valence-corrected chi connectivity index (χ0v) is 23.0. The lowest BCUT2D eigenvalue weighted by Crippen LogP contribution is -2.30. The molecule has 0 aliphatic rings. The number of para-hydroxylation sites is 1. The Kier molecular flexibility index (Phi) is 8.38. The van der Waals surface area contributed by atoms with Gasteiger partial charge in [0.15, 0.2) is 5.13 Å². The molecule has 0 fully saturated rings. The Morgan fingerprint density at radius 1 is 0.950 bits per heavy atom. The summed E-state index contributed by atoms with van der Waals surface area (Å²) >= 11 is 2.76. The van der Waals surface area contributed by atoms with Crippen molar-refractivity contribution in [2.75, 3.05) is 10.6 Å². The number of aromatic nitrogens is 2. The summed E-state index contributed by atoms with van der Waals surface area (Å²) in [5, 5.41) is 11.4. The summed E-state index contributed by atoms with van der Waals surface area (Å²) < 4.78 is 0. The van der Waals surface area contributed by atoms with Crippen LogP contribution in [0.5, 0.6) is 0 Å². The zero-order valence-electron chi connectivity index (χ0n) is 21.4. The second-order valence-electron chi connectivity index (χ2n) is 8.73. The molecule has 1 atom stereocenters. The topological polar surface area (TPSA) is 116 Å². The number of nitrogens with one attached hydrogen (secondary N) is 4. The minimum absolute atomic E-state index is 0.101. The maximum atomic E-state index is 13.4. The maximum Gasteiger partial charge on any atom is 0.272 e. The second kappa shape index (κ2) is 12.5. The van der Waals surface area contributed by atoms with Gasteiger partial charge in [0.05, 0.1) is 5.25 Å². The van der Waals surface area contributed by atoms with E-state index in [0.717, 1.165) is 21.4 Å². The van der Waals surface area contributed by atoms with Crippen LogP contribution in [0.25, 0.3) is 17.0 Å². The Balaban J connectivity index is 1.30. The summed E-state index contributed by atoms with van der Waals surface area (Å²) in [7, 11) is 0. The standard InChI is InChI=1S/C30H25N5O3S2/c1-19(27(36)35-30-31-15-16-39-30)40-23-13-11-22(12-14-23)33-29(38)26(34-28(37)20-7-3-2-4-8-20)17-21-18-32-25-10-6-5-9-24(21)25/h2-19,32H,1H3,(H,33,38)(H,34,37)(H,31,35,36)/b26-17-/t19-/m0/s1. The molecule has 8 nitrogen and oxygen atoms in total. The number of aromatic amines is 1. The summed E-state index contributed by atoms with van der Waals surface area (Å²) in [5.74, 6) is -0.997. The van der Waals surface area contributed by atoms with Crippen LogP contribution in [0, 0.1) is 0 Å². The van der Waals surface area contributed by atoms with Crippen LogP contribution >= 0.6 is 23.1 Å². The van der Waals surface area contributed by atoms with E-state index in [-0.39, 0.29) is 16.9 Å². The van der Waals surface area contributed by atoms with Gasteiger partial charge in [0.1, 0.15) is 5.70 Å². The number of hydrogen-bond donors (Lipinski definition) is 4. The Morgan fingerprint density at radius 2 is 1.70 bits per heavy atom. The number of rotatable bonds is 9. The number of thiazole rings is 1. The molecule has 0 aliphatic heterocycles. The van der Waals surface area contributed by atoms with Crippen molar-refractivity contribution in [3.8, 4) is 0 Å². The van der Waals surface area contributed by atoms with Crippen molar-refractivity contribution >= 4 is 68.6 Å². The largest absolute Gasteiger partial charge is 0.361 e. The molecular weight excluding hydrogens is 542 g/mol. The minimum atomic E-state index is -0.467. The molecule has 3 aromatic carbocycles. The molecule has 5 rings (SSSR count). The third-order valence-electron chi connectivity index (χ3n) is 5.91. The summed E-state index contributed by atoms with van der Waals surface area (Å²) in [6, 6.07) is 23.6. The predicted octanol–water partition coefficient (Wildman–Crippen LogP) is 6.15. The molecule has 0 saturated carbocycles. The van der Waals surface area contributed by atoms with Crippen LogP contribution in [-0.4, -0.2) is 32.9 Å². The lowest BCUT2D eigenvalue weighted by molar-refractivity contribution is -0.115. The van der Waals surface area contributed by atoms with Gasteiger partial charge in [-0.3, -0.25) is 14.4 Å². The van der Waals surface area contributed by atoms with Crippen molar-refractivity contribution in [3.63, 3.8) is 0 Å². The smallest absolute Gasteiger partial charge is 0.272 e. The Labute approximate surface area is 238 Å². The van der Waals surface area contributed by atoms with Gasteiger partial charge in [0.2, 0.25) is 5.91 Å². The Hall–Kier alpha value is -4.67. The number of H-pyrrole nitrogens is 1. The van der Waals surface area contributed by atoms with E-state index in [1.54, 1.807) is 60.2 Å². The quantitative estimate of drug-likeness (QED) is 0.126.